The summed E-state index contributed by atoms with van der Waals surface area (Å²) in [5.74, 6) is 0.526. The van der Waals surface area contributed by atoms with Crippen LogP contribution in [0.15, 0.2) is 4.79 Å². The maximum Gasteiger partial charge on any atom is 0.277 e. The molecule has 0 aliphatic carbocycles. The number of anilines is 3. The third-order valence-electron chi connectivity index (χ3n) is 3.32. The number of aliphatic hydroxyl groups excluding tert-OH is 1. The molecular formula is C12H23Cl2N5O2. The van der Waals surface area contributed by atoms with Crippen LogP contribution < -0.4 is 21.9 Å². The molecule has 122 valence electrons. The highest BCUT2D eigenvalue weighted by molar-refractivity contribution is 5.85. The first-order valence-electron chi connectivity index (χ1n) is 6.70. The lowest BCUT2D eigenvalue weighted by atomic mass is 10.0. The number of nitrogens with one attached hydrogen (secondary N) is 3. The monoisotopic (exact) mass is 339 g/mol. The molecule has 1 aliphatic heterocycles. The molecule has 0 fully saturated rings. The lowest BCUT2D eigenvalue weighted by Crippen LogP contribution is -2.44. The SMILES string of the molecule is CCCCC[C@@H](O)[C@H]1CNc2nc(N)[nH]c(=O)c2N1.Cl.Cl. The first-order chi connectivity index (χ1) is 9.11. The lowest BCUT2D eigenvalue weighted by molar-refractivity contribution is 0.142. The molecule has 2 heterocycles. The zero-order valence-electron chi connectivity index (χ0n) is 11.9. The minimum Gasteiger partial charge on any atom is -0.391 e. The molecule has 0 unspecified atom stereocenters. The average Bonchev–Trinajstić information content (AvgIpc) is 2.38. The number of H-pyrrole nitrogens is 1. The minimum absolute atomic E-state index is 0. The van der Waals surface area contributed by atoms with Crippen LogP contribution in [0.2, 0.25) is 0 Å². The second-order valence-corrected chi connectivity index (χ2v) is 4.87. The Morgan fingerprint density at radius 2 is 2.14 bits per heavy atom. The predicted molar refractivity (Wildman–Crippen MR) is 89.8 cm³/mol. The molecule has 1 aromatic rings. The summed E-state index contributed by atoms with van der Waals surface area (Å²) in [6.45, 7) is 2.65. The Hall–Kier alpha value is -1.18. The Kier molecular flexibility index (Phi) is 8.46. The maximum absolute atomic E-state index is 11.8. The van der Waals surface area contributed by atoms with E-state index < -0.39 is 6.10 Å². The van der Waals surface area contributed by atoms with Crippen LogP contribution in [0.25, 0.3) is 0 Å². The average molecular weight is 340 g/mol. The van der Waals surface area contributed by atoms with Crippen LogP contribution >= 0.6 is 24.8 Å². The number of fused-ring (bicyclic) bond motifs is 1. The van der Waals surface area contributed by atoms with Gasteiger partial charge in [0, 0.05) is 6.54 Å². The Morgan fingerprint density at radius 3 is 2.81 bits per heavy atom. The van der Waals surface area contributed by atoms with E-state index in [9.17, 15) is 9.90 Å². The number of aliphatic hydroxyl groups is 1. The van der Waals surface area contributed by atoms with Crippen LogP contribution in [-0.4, -0.2) is 33.8 Å². The molecule has 21 heavy (non-hydrogen) atoms. The van der Waals surface area contributed by atoms with E-state index in [-0.39, 0.29) is 42.4 Å². The number of halogens is 2. The van der Waals surface area contributed by atoms with Crippen molar-refractivity contribution in [3.8, 4) is 0 Å². The van der Waals surface area contributed by atoms with Gasteiger partial charge in [0.25, 0.3) is 5.56 Å². The van der Waals surface area contributed by atoms with E-state index in [0.717, 1.165) is 25.7 Å². The summed E-state index contributed by atoms with van der Waals surface area (Å²) < 4.78 is 0. The highest BCUT2D eigenvalue weighted by Crippen LogP contribution is 2.22. The van der Waals surface area contributed by atoms with Gasteiger partial charge < -0.3 is 21.5 Å². The fourth-order valence-corrected chi connectivity index (χ4v) is 2.23. The first kappa shape index (κ1) is 19.8. The number of nitrogens with two attached hydrogens (primary N) is 1. The molecular weight excluding hydrogens is 317 g/mol. The predicted octanol–water partition coefficient (Wildman–Crippen LogP) is 1.34. The van der Waals surface area contributed by atoms with Gasteiger partial charge in [0.05, 0.1) is 12.1 Å². The van der Waals surface area contributed by atoms with E-state index in [1.807, 2.05) is 0 Å². The largest absolute Gasteiger partial charge is 0.391 e. The second kappa shape index (κ2) is 8.96. The smallest absolute Gasteiger partial charge is 0.277 e. The normalized spacial score (nSPS) is 17.3. The highest BCUT2D eigenvalue weighted by Gasteiger charge is 2.26. The van der Waals surface area contributed by atoms with Crippen LogP contribution in [0.4, 0.5) is 17.5 Å². The lowest BCUT2D eigenvalue weighted by Gasteiger charge is -2.30. The molecule has 0 saturated heterocycles. The molecule has 6 N–H and O–H groups in total. The molecule has 0 aromatic carbocycles. The third kappa shape index (κ3) is 4.94. The topological polar surface area (TPSA) is 116 Å². The van der Waals surface area contributed by atoms with E-state index in [2.05, 4.69) is 27.5 Å². The fraction of sp³-hybridized carbons (Fsp3) is 0.667. The van der Waals surface area contributed by atoms with Crippen LogP contribution in [0.3, 0.4) is 0 Å². The third-order valence-corrected chi connectivity index (χ3v) is 3.32. The molecule has 2 rings (SSSR count). The number of nitrogen functional groups attached to an aromatic ring is 1. The summed E-state index contributed by atoms with van der Waals surface area (Å²) in [7, 11) is 0. The molecule has 0 amide bonds. The van der Waals surface area contributed by atoms with Crippen LogP contribution in [0.1, 0.15) is 32.6 Å². The van der Waals surface area contributed by atoms with Crippen molar-refractivity contribution in [1.29, 1.82) is 0 Å². The van der Waals surface area contributed by atoms with Gasteiger partial charge in [0.2, 0.25) is 5.95 Å². The van der Waals surface area contributed by atoms with Gasteiger partial charge in [-0.15, -0.1) is 24.8 Å². The maximum atomic E-state index is 11.8. The van der Waals surface area contributed by atoms with Gasteiger partial charge in [-0.25, -0.2) is 0 Å². The van der Waals surface area contributed by atoms with Crippen molar-refractivity contribution < 1.29 is 5.11 Å². The van der Waals surface area contributed by atoms with Crippen LogP contribution in [0.5, 0.6) is 0 Å². The molecule has 0 radical (unpaired) electrons. The fourth-order valence-electron chi connectivity index (χ4n) is 2.23. The highest BCUT2D eigenvalue weighted by atomic mass is 35.5. The Morgan fingerprint density at radius 1 is 1.43 bits per heavy atom. The standard InChI is InChI=1S/C12H21N5O2.2ClH/c1-2-3-4-5-8(18)7-6-14-10-9(15-7)11(19)17-12(13)16-10;;/h7-8,15,18H,2-6H2,1H3,(H4,13,14,16,17,19);2*1H/t7-,8-;;/m1../s1. The minimum atomic E-state index is -0.482. The number of nitrogens with zero attached hydrogens (tertiary/aromatic N) is 1. The van der Waals surface area contributed by atoms with Gasteiger partial charge in [-0.05, 0) is 6.42 Å². The Labute approximate surface area is 135 Å². The van der Waals surface area contributed by atoms with E-state index >= 15 is 0 Å². The van der Waals surface area contributed by atoms with Gasteiger partial charge in [-0.2, -0.15) is 4.98 Å². The van der Waals surface area contributed by atoms with Gasteiger partial charge in [0.1, 0.15) is 5.69 Å². The van der Waals surface area contributed by atoms with E-state index in [4.69, 9.17) is 5.73 Å². The zero-order valence-corrected chi connectivity index (χ0v) is 13.5. The van der Waals surface area contributed by atoms with Gasteiger partial charge in [0.15, 0.2) is 5.82 Å². The van der Waals surface area contributed by atoms with Crippen molar-refractivity contribution in [2.45, 2.75) is 44.8 Å². The summed E-state index contributed by atoms with van der Waals surface area (Å²) in [5.41, 5.74) is 5.50. The summed E-state index contributed by atoms with van der Waals surface area (Å²) in [6.07, 6.45) is 3.45. The number of hydrogen-bond acceptors (Lipinski definition) is 6. The molecule has 0 spiro atoms. The summed E-state index contributed by atoms with van der Waals surface area (Å²) in [5, 5.41) is 16.2. The van der Waals surface area contributed by atoms with Crippen LogP contribution in [-0.2, 0) is 0 Å². The summed E-state index contributed by atoms with van der Waals surface area (Å²) in [6, 6.07) is -0.184. The van der Waals surface area contributed by atoms with Crippen molar-refractivity contribution >= 4 is 42.3 Å². The number of aromatic amines is 1. The number of unbranched alkanes of at least 4 members (excludes halogenated alkanes) is 2. The van der Waals surface area contributed by atoms with Crippen molar-refractivity contribution in [2.24, 2.45) is 0 Å². The van der Waals surface area contributed by atoms with Crippen molar-refractivity contribution in [3.63, 3.8) is 0 Å². The number of aromatic nitrogens is 2. The van der Waals surface area contributed by atoms with Crippen molar-refractivity contribution in [3.05, 3.63) is 10.4 Å². The Bertz CT molecular complexity index is 497. The summed E-state index contributed by atoms with van der Waals surface area (Å²) >= 11 is 0. The second-order valence-electron chi connectivity index (χ2n) is 4.87. The van der Waals surface area contributed by atoms with E-state index in [0.29, 0.717) is 18.1 Å². The summed E-state index contributed by atoms with van der Waals surface area (Å²) in [4.78, 5) is 18.2. The van der Waals surface area contributed by atoms with Crippen LogP contribution in [0, 0.1) is 0 Å². The molecule has 0 bridgehead atoms. The molecule has 9 heteroatoms. The van der Waals surface area contributed by atoms with Crippen molar-refractivity contribution in [2.75, 3.05) is 22.9 Å². The molecule has 2 atom stereocenters. The number of rotatable bonds is 5. The molecule has 7 nitrogen and oxygen atoms in total. The quantitative estimate of drug-likeness (QED) is 0.517. The first-order valence-corrected chi connectivity index (χ1v) is 6.70. The van der Waals surface area contributed by atoms with Crippen molar-refractivity contribution in [1.82, 2.24) is 9.97 Å². The van der Waals surface area contributed by atoms with E-state index in [1.54, 1.807) is 0 Å². The van der Waals surface area contributed by atoms with E-state index in [1.165, 1.54) is 0 Å². The van der Waals surface area contributed by atoms with Gasteiger partial charge in [-0.1, -0.05) is 26.2 Å². The van der Waals surface area contributed by atoms with Gasteiger partial charge in [-0.3, -0.25) is 9.78 Å². The Balaban J connectivity index is 0.00000200. The molecule has 1 aliphatic rings. The zero-order chi connectivity index (χ0) is 13.8. The van der Waals surface area contributed by atoms with Gasteiger partial charge >= 0.3 is 0 Å². The number of hydrogen-bond donors (Lipinski definition) is 5. The molecule has 0 saturated carbocycles. The molecule has 1 aromatic heterocycles.